The van der Waals surface area contributed by atoms with Gasteiger partial charge >= 0.3 is 0 Å². The van der Waals surface area contributed by atoms with E-state index in [4.69, 9.17) is 11.6 Å². The number of non-ortho nitro benzene ring substituents is 1. The minimum absolute atomic E-state index is 0.00128. The highest BCUT2D eigenvalue weighted by atomic mass is 35.5. The number of piperidine rings is 1. The zero-order valence-electron chi connectivity index (χ0n) is 9.17. The molecule has 1 aliphatic heterocycles. The quantitative estimate of drug-likeness (QED) is 0.651. The number of nitro groups is 1. The topological polar surface area (TPSA) is 66.6 Å². The summed E-state index contributed by atoms with van der Waals surface area (Å²) in [6, 6.07) is 4.57. The van der Waals surface area contributed by atoms with Gasteiger partial charge < -0.3 is 10.0 Å². The lowest BCUT2D eigenvalue weighted by Gasteiger charge is -2.31. The van der Waals surface area contributed by atoms with Gasteiger partial charge in [-0.2, -0.15) is 0 Å². The molecule has 1 aliphatic rings. The van der Waals surface area contributed by atoms with Gasteiger partial charge in [-0.3, -0.25) is 10.1 Å². The number of hydrogen-bond donors (Lipinski definition) is 1. The van der Waals surface area contributed by atoms with Crippen LogP contribution in [0.2, 0.25) is 5.02 Å². The van der Waals surface area contributed by atoms with Gasteiger partial charge in [0.25, 0.3) is 5.69 Å². The molecule has 0 bridgehead atoms. The summed E-state index contributed by atoms with van der Waals surface area (Å²) in [5.74, 6) is 0. The third kappa shape index (κ3) is 2.87. The molecule has 0 aromatic heterocycles. The number of benzene rings is 1. The molecule has 1 aromatic carbocycles. The molecule has 6 heteroatoms. The van der Waals surface area contributed by atoms with Crippen molar-refractivity contribution >= 4 is 23.0 Å². The highest BCUT2D eigenvalue weighted by Crippen LogP contribution is 2.28. The first-order chi connectivity index (χ1) is 8.06. The van der Waals surface area contributed by atoms with Crippen LogP contribution in [0, 0.1) is 10.1 Å². The molecule has 1 heterocycles. The molecule has 1 aromatic rings. The van der Waals surface area contributed by atoms with Gasteiger partial charge in [-0.05, 0) is 18.9 Å². The van der Waals surface area contributed by atoms with Crippen molar-refractivity contribution in [1.29, 1.82) is 0 Å². The molecule has 1 saturated heterocycles. The molecule has 0 amide bonds. The molecule has 17 heavy (non-hydrogen) atoms. The lowest BCUT2D eigenvalue weighted by atomic mass is 10.1. The molecule has 0 unspecified atom stereocenters. The monoisotopic (exact) mass is 256 g/mol. The van der Waals surface area contributed by atoms with E-state index in [1.165, 1.54) is 12.1 Å². The van der Waals surface area contributed by atoms with Crippen LogP contribution in [0.25, 0.3) is 0 Å². The van der Waals surface area contributed by atoms with Crippen LogP contribution >= 0.6 is 11.6 Å². The van der Waals surface area contributed by atoms with Crippen LogP contribution in [-0.4, -0.2) is 29.2 Å². The van der Waals surface area contributed by atoms with E-state index in [0.29, 0.717) is 31.0 Å². The zero-order valence-corrected chi connectivity index (χ0v) is 9.93. The van der Waals surface area contributed by atoms with Crippen LogP contribution in [0.1, 0.15) is 12.8 Å². The smallest absolute Gasteiger partial charge is 0.272 e. The zero-order chi connectivity index (χ0) is 12.4. The average molecular weight is 257 g/mol. The van der Waals surface area contributed by atoms with Crippen LogP contribution in [0.15, 0.2) is 18.2 Å². The lowest BCUT2D eigenvalue weighted by molar-refractivity contribution is -0.384. The molecular formula is C11H13ClN2O3. The van der Waals surface area contributed by atoms with Gasteiger partial charge in [-0.1, -0.05) is 11.6 Å². The number of anilines is 1. The van der Waals surface area contributed by atoms with Crippen molar-refractivity contribution < 1.29 is 10.0 Å². The van der Waals surface area contributed by atoms with Crippen molar-refractivity contribution in [3.05, 3.63) is 33.3 Å². The van der Waals surface area contributed by atoms with Crippen molar-refractivity contribution in [2.75, 3.05) is 18.0 Å². The summed E-state index contributed by atoms with van der Waals surface area (Å²) in [7, 11) is 0. The van der Waals surface area contributed by atoms with Crippen molar-refractivity contribution in [2.45, 2.75) is 18.9 Å². The Labute approximate surface area is 104 Å². The Hall–Kier alpha value is -1.33. The minimum atomic E-state index is -0.450. The minimum Gasteiger partial charge on any atom is -0.393 e. The van der Waals surface area contributed by atoms with E-state index < -0.39 is 4.92 Å². The summed E-state index contributed by atoms with van der Waals surface area (Å²) in [6.45, 7) is 1.39. The predicted molar refractivity (Wildman–Crippen MR) is 65.6 cm³/mol. The number of hydrogen-bond acceptors (Lipinski definition) is 4. The maximum atomic E-state index is 10.7. The van der Waals surface area contributed by atoms with Gasteiger partial charge in [0.05, 0.1) is 11.0 Å². The molecule has 1 fully saturated rings. The molecule has 0 radical (unpaired) electrons. The molecule has 0 aliphatic carbocycles. The van der Waals surface area contributed by atoms with Crippen molar-refractivity contribution in [1.82, 2.24) is 0 Å². The number of aliphatic hydroxyl groups is 1. The third-order valence-electron chi connectivity index (χ3n) is 2.91. The van der Waals surface area contributed by atoms with Crippen LogP contribution in [0.3, 0.4) is 0 Å². The Morgan fingerprint density at radius 1 is 1.35 bits per heavy atom. The van der Waals surface area contributed by atoms with E-state index in [0.717, 1.165) is 5.69 Å². The molecule has 92 valence electrons. The first-order valence-corrected chi connectivity index (χ1v) is 5.82. The third-order valence-corrected chi connectivity index (χ3v) is 3.13. The van der Waals surface area contributed by atoms with Gasteiger partial charge in [0.15, 0.2) is 0 Å². The van der Waals surface area contributed by atoms with Crippen LogP contribution in [-0.2, 0) is 0 Å². The van der Waals surface area contributed by atoms with Crippen molar-refractivity contribution in [3.8, 4) is 0 Å². The van der Waals surface area contributed by atoms with E-state index in [1.807, 2.05) is 4.90 Å². The summed E-state index contributed by atoms with van der Waals surface area (Å²) in [6.07, 6.45) is 1.10. The Balaban J connectivity index is 2.23. The number of nitrogens with zero attached hydrogens (tertiary/aromatic N) is 2. The fourth-order valence-electron chi connectivity index (χ4n) is 1.97. The Kier molecular flexibility index (Phi) is 3.49. The summed E-state index contributed by atoms with van der Waals surface area (Å²) in [4.78, 5) is 12.3. The largest absolute Gasteiger partial charge is 0.393 e. The number of aliphatic hydroxyl groups excluding tert-OH is 1. The molecule has 2 rings (SSSR count). The van der Waals surface area contributed by atoms with E-state index in [-0.39, 0.29) is 11.8 Å². The summed E-state index contributed by atoms with van der Waals surface area (Å²) in [5.41, 5.74) is 0.745. The molecule has 0 saturated carbocycles. The Bertz CT molecular complexity index is 431. The first kappa shape index (κ1) is 12.1. The normalized spacial score (nSPS) is 17.2. The Morgan fingerprint density at radius 3 is 2.59 bits per heavy atom. The fourth-order valence-corrected chi connectivity index (χ4v) is 2.19. The highest BCUT2D eigenvalue weighted by molar-refractivity contribution is 6.31. The van der Waals surface area contributed by atoms with Crippen LogP contribution in [0.4, 0.5) is 11.4 Å². The lowest BCUT2D eigenvalue weighted by Crippen LogP contribution is -2.35. The number of halogens is 1. The highest BCUT2D eigenvalue weighted by Gasteiger charge is 2.19. The van der Waals surface area contributed by atoms with E-state index in [1.54, 1.807) is 6.07 Å². The van der Waals surface area contributed by atoms with E-state index >= 15 is 0 Å². The molecular weight excluding hydrogens is 244 g/mol. The summed E-state index contributed by atoms with van der Waals surface area (Å²) in [5, 5.41) is 20.5. The Morgan fingerprint density at radius 2 is 2.00 bits per heavy atom. The van der Waals surface area contributed by atoms with Gasteiger partial charge in [0.2, 0.25) is 0 Å². The predicted octanol–water partition coefficient (Wildman–Crippen LogP) is 2.21. The van der Waals surface area contributed by atoms with Gasteiger partial charge in [0, 0.05) is 35.9 Å². The van der Waals surface area contributed by atoms with Crippen LogP contribution in [0.5, 0.6) is 0 Å². The molecule has 1 N–H and O–H groups in total. The van der Waals surface area contributed by atoms with E-state index in [9.17, 15) is 15.2 Å². The summed E-state index contributed by atoms with van der Waals surface area (Å²) < 4.78 is 0. The molecule has 5 nitrogen and oxygen atoms in total. The fraction of sp³-hybridized carbons (Fsp3) is 0.455. The van der Waals surface area contributed by atoms with Gasteiger partial charge in [-0.15, -0.1) is 0 Å². The van der Waals surface area contributed by atoms with Crippen molar-refractivity contribution in [3.63, 3.8) is 0 Å². The average Bonchev–Trinajstić information content (AvgIpc) is 2.29. The number of rotatable bonds is 2. The summed E-state index contributed by atoms with van der Waals surface area (Å²) >= 11 is 5.86. The van der Waals surface area contributed by atoms with Gasteiger partial charge in [0.1, 0.15) is 0 Å². The second kappa shape index (κ2) is 4.89. The number of nitro benzene ring substituents is 1. The van der Waals surface area contributed by atoms with Crippen LogP contribution < -0.4 is 4.90 Å². The maximum absolute atomic E-state index is 10.7. The molecule has 0 spiro atoms. The van der Waals surface area contributed by atoms with E-state index in [2.05, 4.69) is 0 Å². The van der Waals surface area contributed by atoms with Crippen molar-refractivity contribution in [2.24, 2.45) is 0 Å². The second-order valence-electron chi connectivity index (χ2n) is 4.14. The maximum Gasteiger partial charge on any atom is 0.272 e. The second-order valence-corrected chi connectivity index (χ2v) is 4.58. The first-order valence-electron chi connectivity index (χ1n) is 5.44. The molecule has 0 atom stereocenters. The van der Waals surface area contributed by atoms with Gasteiger partial charge in [-0.25, -0.2) is 0 Å². The standard InChI is InChI=1S/C11H13ClN2O3/c12-8-5-9(7-10(6-8)14(16)17)13-3-1-11(15)2-4-13/h5-7,11,15H,1-4H2. The SMILES string of the molecule is O=[N+]([O-])c1cc(Cl)cc(N2CCC(O)CC2)c1.